The van der Waals surface area contributed by atoms with Gasteiger partial charge < -0.3 is 10.4 Å². The van der Waals surface area contributed by atoms with Gasteiger partial charge in [0.2, 0.25) is 5.91 Å². The number of piperidine rings is 1. The third kappa shape index (κ3) is 1.91. The minimum atomic E-state index is -0.0558. The second-order valence-electron chi connectivity index (χ2n) is 4.87. The highest BCUT2D eigenvalue weighted by Gasteiger charge is 2.41. The van der Waals surface area contributed by atoms with Gasteiger partial charge in [-0.15, -0.1) is 0 Å². The van der Waals surface area contributed by atoms with Gasteiger partial charge in [-0.3, -0.25) is 9.69 Å². The average Bonchev–Trinajstić information content (AvgIpc) is 2.71. The molecule has 18 heavy (non-hydrogen) atoms. The lowest BCUT2D eigenvalue weighted by molar-refractivity contribution is -0.122. The van der Waals surface area contributed by atoms with Crippen molar-refractivity contribution in [2.24, 2.45) is 0 Å². The van der Waals surface area contributed by atoms with Crippen molar-refractivity contribution in [1.29, 1.82) is 0 Å². The van der Waals surface area contributed by atoms with Crippen LogP contribution in [-0.4, -0.2) is 28.5 Å². The van der Waals surface area contributed by atoms with Gasteiger partial charge in [-0.2, -0.15) is 0 Å². The summed E-state index contributed by atoms with van der Waals surface area (Å²) in [5.41, 5.74) is 1.01. The maximum atomic E-state index is 11.9. The minimum absolute atomic E-state index is 0.0244. The Morgan fingerprint density at radius 2 is 2.22 bits per heavy atom. The number of carbonyl (C=O) groups excluding carboxylic acids is 1. The number of aromatic hydroxyl groups is 1. The quantitative estimate of drug-likeness (QED) is 0.835. The van der Waals surface area contributed by atoms with Gasteiger partial charge in [0.15, 0.2) is 0 Å². The molecule has 2 aliphatic rings. The fourth-order valence-corrected chi connectivity index (χ4v) is 3.22. The van der Waals surface area contributed by atoms with Crippen LogP contribution in [0, 0.1) is 0 Å². The van der Waals surface area contributed by atoms with Crippen molar-refractivity contribution in [1.82, 2.24) is 10.2 Å². The van der Waals surface area contributed by atoms with Crippen molar-refractivity contribution in [2.45, 2.75) is 31.5 Å². The van der Waals surface area contributed by atoms with Crippen LogP contribution in [0.5, 0.6) is 5.75 Å². The van der Waals surface area contributed by atoms with Crippen molar-refractivity contribution >= 4 is 21.8 Å². The number of hydrogen-bond donors (Lipinski definition) is 2. The molecule has 0 bridgehead atoms. The molecule has 0 aliphatic carbocycles. The molecule has 2 saturated heterocycles. The van der Waals surface area contributed by atoms with E-state index in [1.807, 2.05) is 12.1 Å². The molecule has 2 aliphatic heterocycles. The Hall–Kier alpha value is -1.07. The van der Waals surface area contributed by atoms with E-state index in [2.05, 4.69) is 26.1 Å². The van der Waals surface area contributed by atoms with Crippen LogP contribution in [0.1, 0.15) is 31.0 Å². The summed E-state index contributed by atoms with van der Waals surface area (Å²) >= 11 is 3.32. The molecular weight excluding hydrogens is 296 g/mol. The van der Waals surface area contributed by atoms with Crippen molar-refractivity contribution in [3.05, 3.63) is 28.2 Å². The monoisotopic (exact) mass is 310 g/mol. The van der Waals surface area contributed by atoms with Crippen molar-refractivity contribution in [3.63, 3.8) is 0 Å². The summed E-state index contributed by atoms with van der Waals surface area (Å²) < 4.78 is 0.662. The third-order valence-electron chi connectivity index (χ3n) is 3.74. The van der Waals surface area contributed by atoms with Crippen molar-refractivity contribution in [3.8, 4) is 5.75 Å². The Bertz CT molecular complexity index is 492. The number of nitrogens with zero attached hydrogens (tertiary/aromatic N) is 1. The van der Waals surface area contributed by atoms with E-state index in [9.17, 15) is 9.90 Å². The van der Waals surface area contributed by atoms with E-state index in [4.69, 9.17) is 0 Å². The van der Waals surface area contributed by atoms with Crippen LogP contribution in [0.2, 0.25) is 0 Å². The van der Waals surface area contributed by atoms with Gasteiger partial charge in [-0.1, -0.05) is 12.5 Å². The molecule has 1 aromatic rings. The SMILES string of the molecule is O=C1NC(c2ccc(O)c(Br)c2)N2CCCCC12. The van der Waals surface area contributed by atoms with E-state index in [1.165, 1.54) is 0 Å². The van der Waals surface area contributed by atoms with Crippen LogP contribution in [0.25, 0.3) is 0 Å². The van der Waals surface area contributed by atoms with Crippen LogP contribution in [0.3, 0.4) is 0 Å². The Morgan fingerprint density at radius 3 is 3.00 bits per heavy atom. The van der Waals surface area contributed by atoms with Gasteiger partial charge in [0.1, 0.15) is 11.9 Å². The van der Waals surface area contributed by atoms with Gasteiger partial charge in [0, 0.05) is 6.54 Å². The number of phenolic OH excluding ortho intramolecular Hbond substituents is 1. The molecule has 4 nitrogen and oxygen atoms in total. The van der Waals surface area contributed by atoms with Crippen LogP contribution in [0.4, 0.5) is 0 Å². The predicted octanol–water partition coefficient (Wildman–Crippen LogP) is 2.14. The lowest BCUT2D eigenvalue weighted by atomic mass is 10.0. The first-order valence-electron chi connectivity index (χ1n) is 6.21. The van der Waals surface area contributed by atoms with Crippen molar-refractivity contribution in [2.75, 3.05) is 6.54 Å². The molecule has 0 saturated carbocycles. The zero-order chi connectivity index (χ0) is 12.7. The lowest BCUT2D eigenvalue weighted by Crippen LogP contribution is -2.38. The standard InChI is InChI=1S/C13H15BrN2O2/c14-9-7-8(4-5-11(9)17)12-15-13(18)10-3-1-2-6-16(10)12/h4-5,7,10,12,17H,1-3,6H2,(H,15,18). The van der Waals surface area contributed by atoms with E-state index < -0.39 is 0 Å². The molecule has 0 radical (unpaired) electrons. The van der Waals surface area contributed by atoms with Gasteiger partial charge in [-0.05, 0) is 46.5 Å². The molecule has 1 amide bonds. The number of rotatable bonds is 1. The van der Waals surface area contributed by atoms with Crippen LogP contribution in [-0.2, 0) is 4.79 Å². The summed E-state index contributed by atoms with van der Waals surface area (Å²) in [5.74, 6) is 0.349. The van der Waals surface area contributed by atoms with Crippen LogP contribution >= 0.6 is 15.9 Å². The Balaban J connectivity index is 1.91. The van der Waals surface area contributed by atoms with E-state index in [0.29, 0.717) is 4.47 Å². The second kappa shape index (κ2) is 4.55. The van der Waals surface area contributed by atoms with E-state index in [1.54, 1.807) is 6.07 Å². The molecule has 96 valence electrons. The van der Waals surface area contributed by atoms with E-state index in [0.717, 1.165) is 31.4 Å². The maximum absolute atomic E-state index is 11.9. The number of phenols is 1. The highest BCUT2D eigenvalue weighted by molar-refractivity contribution is 9.10. The number of hydrogen-bond acceptors (Lipinski definition) is 3. The Morgan fingerprint density at radius 1 is 1.39 bits per heavy atom. The zero-order valence-corrected chi connectivity index (χ0v) is 11.5. The van der Waals surface area contributed by atoms with Crippen LogP contribution in [0.15, 0.2) is 22.7 Å². The first-order valence-corrected chi connectivity index (χ1v) is 7.00. The summed E-state index contributed by atoms with van der Waals surface area (Å²) in [6.45, 7) is 0.951. The molecule has 5 heteroatoms. The molecule has 2 unspecified atom stereocenters. The summed E-state index contributed by atoms with van der Waals surface area (Å²) in [4.78, 5) is 14.2. The molecule has 0 spiro atoms. The minimum Gasteiger partial charge on any atom is -0.507 e. The maximum Gasteiger partial charge on any atom is 0.238 e. The predicted molar refractivity (Wildman–Crippen MR) is 71.0 cm³/mol. The summed E-state index contributed by atoms with van der Waals surface area (Å²) in [6.07, 6.45) is 3.16. The number of halogens is 1. The Labute approximate surface area is 114 Å². The van der Waals surface area contributed by atoms with Gasteiger partial charge in [0.25, 0.3) is 0 Å². The summed E-state index contributed by atoms with van der Waals surface area (Å²) in [6, 6.07) is 5.42. The fraction of sp³-hybridized carbons (Fsp3) is 0.462. The smallest absolute Gasteiger partial charge is 0.238 e. The van der Waals surface area contributed by atoms with Gasteiger partial charge in [-0.25, -0.2) is 0 Å². The first kappa shape index (κ1) is 12.0. The van der Waals surface area contributed by atoms with Gasteiger partial charge in [0.05, 0.1) is 10.5 Å². The zero-order valence-electron chi connectivity index (χ0n) is 9.90. The number of fused-ring (bicyclic) bond motifs is 1. The van der Waals surface area contributed by atoms with E-state index >= 15 is 0 Å². The molecular formula is C13H15BrN2O2. The molecule has 1 aromatic carbocycles. The largest absolute Gasteiger partial charge is 0.507 e. The molecule has 2 heterocycles. The second-order valence-corrected chi connectivity index (χ2v) is 5.73. The lowest BCUT2D eigenvalue weighted by Gasteiger charge is -2.31. The number of nitrogens with one attached hydrogen (secondary N) is 1. The first-order chi connectivity index (χ1) is 8.66. The molecule has 0 aromatic heterocycles. The topological polar surface area (TPSA) is 52.6 Å². The number of carbonyl (C=O) groups is 1. The fourth-order valence-electron chi connectivity index (χ4n) is 2.83. The highest BCUT2D eigenvalue weighted by Crippen LogP contribution is 2.34. The van der Waals surface area contributed by atoms with Crippen molar-refractivity contribution < 1.29 is 9.90 Å². The summed E-state index contributed by atoms with van der Waals surface area (Å²) in [7, 11) is 0. The molecule has 2 fully saturated rings. The highest BCUT2D eigenvalue weighted by atomic mass is 79.9. The normalized spacial score (nSPS) is 27.9. The number of amides is 1. The van der Waals surface area contributed by atoms with E-state index in [-0.39, 0.29) is 23.9 Å². The van der Waals surface area contributed by atoms with Gasteiger partial charge >= 0.3 is 0 Å². The summed E-state index contributed by atoms with van der Waals surface area (Å²) in [5, 5.41) is 12.6. The third-order valence-corrected chi connectivity index (χ3v) is 4.38. The van der Waals surface area contributed by atoms with Crippen LogP contribution < -0.4 is 5.32 Å². The molecule has 3 rings (SSSR count). The molecule has 2 atom stereocenters. The Kier molecular flexibility index (Phi) is 3.03. The average molecular weight is 311 g/mol. The number of benzene rings is 1. The molecule has 2 N–H and O–H groups in total.